The highest BCUT2D eigenvalue weighted by molar-refractivity contribution is 5.14. The van der Waals surface area contributed by atoms with Crippen LogP contribution in [0.5, 0.6) is 0 Å². The van der Waals surface area contributed by atoms with Crippen LogP contribution in [0.4, 0.5) is 0 Å². The van der Waals surface area contributed by atoms with E-state index in [-0.39, 0.29) is 0 Å². The lowest BCUT2D eigenvalue weighted by molar-refractivity contribution is 0.157. The summed E-state index contributed by atoms with van der Waals surface area (Å²) in [7, 11) is 0. The van der Waals surface area contributed by atoms with E-state index in [2.05, 4.69) is 24.3 Å². The maximum absolute atomic E-state index is 5.33. The maximum Gasteiger partial charge on any atom is 0.0506 e. The van der Waals surface area contributed by atoms with Crippen LogP contribution in [0.1, 0.15) is 12.5 Å². The second kappa shape index (κ2) is 5.78. The molecule has 0 saturated heterocycles. The van der Waals surface area contributed by atoms with Crippen molar-refractivity contribution in [3.8, 4) is 0 Å². The Morgan fingerprint density at radius 1 is 1.25 bits per heavy atom. The summed E-state index contributed by atoms with van der Waals surface area (Å²) in [5.74, 6) is 0. The largest absolute Gasteiger partial charge is 0.381 e. The molecule has 0 spiro atoms. The highest BCUT2D eigenvalue weighted by Gasteiger charge is 1.90. The summed E-state index contributed by atoms with van der Waals surface area (Å²) in [6.07, 6.45) is 3.03. The van der Waals surface area contributed by atoms with Gasteiger partial charge in [0.25, 0.3) is 0 Å². The predicted molar refractivity (Wildman–Crippen MR) is 50.9 cm³/mol. The average Bonchev–Trinajstić information content (AvgIpc) is 2.14. The van der Waals surface area contributed by atoms with Gasteiger partial charge in [-0.25, -0.2) is 0 Å². The normalized spacial score (nSPS) is 10.1. The van der Waals surface area contributed by atoms with E-state index in [4.69, 9.17) is 4.74 Å². The first kappa shape index (κ1) is 9.27. The fraction of sp³-hybridized carbons (Fsp3) is 0.364. The van der Waals surface area contributed by atoms with Gasteiger partial charge in [0.05, 0.1) is 6.61 Å². The minimum atomic E-state index is 0.757. The van der Waals surface area contributed by atoms with E-state index in [1.807, 2.05) is 19.4 Å². The molecule has 0 amide bonds. The molecule has 0 unspecified atom stereocenters. The molecule has 0 aliphatic heterocycles. The lowest BCUT2D eigenvalue weighted by Gasteiger charge is -2.01. The molecule has 0 aromatic heterocycles. The Balaban J connectivity index is 2.16. The Bertz CT molecular complexity index is 193. The molecule has 0 bridgehead atoms. The van der Waals surface area contributed by atoms with Crippen LogP contribution in [0.3, 0.4) is 0 Å². The van der Waals surface area contributed by atoms with Gasteiger partial charge in [0.1, 0.15) is 0 Å². The topological polar surface area (TPSA) is 9.23 Å². The molecule has 0 atom stereocenters. The summed E-state index contributed by atoms with van der Waals surface area (Å²) in [4.78, 5) is 0. The van der Waals surface area contributed by atoms with Gasteiger partial charge in [-0.2, -0.15) is 0 Å². The second-order valence-corrected chi connectivity index (χ2v) is 2.72. The molecule has 1 aromatic rings. The van der Waals surface area contributed by atoms with Gasteiger partial charge in [-0.15, -0.1) is 0 Å². The van der Waals surface area contributed by atoms with Crippen LogP contribution in [0.15, 0.2) is 30.3 Å². The molecule has 1 rings (SSSR count). The molecule has 0 fully saturated rings. The van der Waals surface area contributed by atoms with Gasteiger partial charge < -0.3 is 4.74 Å². The number of hydrogen-bond acceptors (Lipinski definition) is 1. The average molecular weight is 163 g/mol. The van der Waals surface area contributed by atoms with Gasteiger partial charge in [-0.1, -0.05) is 37.3 Å². The van der Waals surface area contributed by atoms with E-state index in [9.17, 15) is 0 Å². The molecule has 0 aliphatic rings. The fourth-order valence-corrected chi connectivity index (χ4v) is 1.04. The molecule has 0 N–H and O–H groups in total. The van der Waals surface area contributed by atoms with E-state index < -0.39 is 0 Å². The van der Waals surface area contributed by atoms with Crippen molar-refractivity contribution >= 4 is 0 Å². The zero-order valence-electron chi connectivity index (χ0n) is 7.49. The van der Waals surface area contributed by atoms with Crippen LogP contribution in [-0.4, -0.2) is 13.2 Å². The van der Waals surface area contributed by atoms with Gasteiger partial charge in [-0.3, -0.25) is 0 Å². The van der Waals surface area contributed by atoms with Crippen molar-refractivity contribution in [3.05, 3.63) is 42.3 Å². The lowest BCUT2D eigenvalue weighted by atomic mass is 10.2. The van der Waals surface area contributed by atoms with Crippen LogP contribution in [0.25, 0.3) is 0 Å². The summed E-state index contributed by atoms with van der Waals surface area (Å²) < 4.78 is 5.33. The Morgan fingerprint density at radius 3 is 2.67 bits per heavy atom. The highest BCUT2D eigenvalue weighted by Crippen LogP contribution is 1.99. The highest BCUT2D eigenvalue weighted by atomic mass is 16.5. The zero-order valence-corrected chi connectivity index (χ0v) is 7.49. The summed E-state index contributed by atoms with van der Waals surface area (Å²) in [5.41, 5.74) is 1.34. The van der Waals surface area contributed by atoms with E-state index in [1.165, 1.54) is 5.56 Å². The van der Waals surface area contributed by atoms with Gasteiger partial charge in [0.15, 0.2) is 0 Å². The first-order chi connectivity index (χ1) is 5.93. The van der Waals surface area contributed by atoms with Gasteiger partial charge in [-0.05, 0) is 18.4 Å². The number of rotatable bonds is 5. The monoisotopic (exact) mass is 163 g/mol. The van der Waals surface area contributed by atoms with Crippen LogP contribution in [-0.2, 0) is 11.2 Å². The standard InChI is InChI=1S/C11H15O/c1-2-9-12-10-8-11-6-4-3-5-7-11/h2-7H,8-10H2,1H3. The summed E-state index contributed by atoms with van der Waals surface area (Å²) in [6.45, 7) is 3.57. The summed E-state index contributed by atoms with van der Waals surface area (Å²) in [5, 5.41) is 0. The molecule has 1 heteroatoms. The van der Waals surface area contributed by atoms with Gasteiger partial charge >= 0.3 is 0 Å². The van der Waals surface area contributed by atoms with Crippen molar-refractivity contribution in [2.24, 2.45) is 0 Å². The number of benzene rings is 1. The minimum Gasteiger partial charge on any atom is -0.381 e. The summed E-state index contributed by atoms with van der Waals surface area (Å²) in [6, 6.07) is 10.4. The van der Waals surface area contributed by atoms with Crippen molar-refractivity contribution in [3.63, 3.8) is 0 Å². The third kappa shape index (κ3) is 3.54. The zero-order chi connectivity index (χ0) is 8.65. The molecule has 1 aromatic carbocycles. The lowest BCUT2D eigenvalue weighted by Crippen LogP contribution is -1.99. The first-order valence-corrected chi connectivity index (χ1v) is 4.33. The molecule has 0 saturated carbocycles. The Hall–Kier alpha value is -0.820. The third-order valence-corrected chi connectivity index (χ3v) is 1.66. The van der Waals surface area contributed by atoms with E-state index in [0.29, 0.717) is 0 Å². The van der Waals surface area contributed by atoms with E-state index in [0.717, 1.165) is 19.6 Å². The summed E-state index contributed by atoms with van der Waals surface area (Å²) >= 11 is 0. The second-order valence-electron chi connectivity index (χ2n) is 2.72. The Labute approximate surface area is 74.4 Å². The van der Waals surface area contributed by atoms with E-state index in [1.54, 1.807) is 0 Å². The molecule has 0 aliphatic carbocycles. The Kier molecular flexibility index (Phi) is 4.47. The van der Waals surface area contributed by atoms with Crippen molar-refractivity contribution < 1.29 is 4.74 Å². The molecule has 0 heterocycles. The van der Waals surface area contributed by atoms with Crippen LogP contribution < -0.4 is 0 Å². The van der Waals surface area contributed by atoms with Crippen LogP contribution >= 0.6 is 0 Å². The molecular formula is C11H15O. The van der Waals surface area contributed by atoms with Gasteiger partial charge in [0, 0.05) is 6.61 Å². The van der Waals surface area contributed by atoms with Crippen LogP contribution in [0.2, 0.25) is 0 Å². The van der Waals surface area contributed by atoms with Crippen molar-refractivity contribution in [2.45, 2.75) is 13.3 Å². The Morgan fingerprint density at radius 2 is 2.00 bits per heavy atom. The third-order valence-electron chi connectivity index (χ3n) is 1.66. The van der Waals surface area contributed by atoms with Gasteiger partial charge in [0.2, 0.25) is 0 Å². The van der Waals surface area contributed by atoms with Crippen molar-refractivity contribution in [2.75, 3.05) is 13.2 Å². The van der Waals surface area contributed by atoms with Crippen molar-refractivity contribution in [1.29, 1.82) is 0 Å². The first-order valence-electron chi connectivity index (χ1n) is 4.33. The molecular weight excluding hydrogens is 148 g/mol. The van der Waals surface area contributed by atoms with Crippen LogP contribution in [0, 0.1) is 6.42 Å². The van der Waals surface area contributed by atoms with Crippen molar-refractivity contribution in [1.82, 2.24) is 0 Å². The van der Waals surface area contributed by atoms with E-state index >= 15 is 0 Å². The fourth-order valence-electron chi connectivity index (χ4n) is 1.04. The molecule has 65 valence electrons. The molecule has 1 radical (unpaired) electrons. The SMILES string of the molecule is C[CH]COCCc1ccccc1. The molecule has 12 heavy (non-hydrogen) atoms. The predicted octanol–water partition coefficient (Wildman–Crippen LogP) is 2.47. The number of ether oxygens (including phenoxy) is 1. The minimum absolute atomic E-state index is 0.757. The molecule has 1 nitrogen and oxygen atoms in total. The maximum atomic E-state index is 5.33. The quantitative estimate of drug-likeness (QED) is 0.606. The smallest absolute Gasteiger partial charge is 0.0506 e. The number of hydrogen-bond donors (Lipinski definition) is 0.